The van der Waals surface area contributed by atoms with Crippen molar-refractivity contribution in [2.24, 2.45) is 0 Å². The van der Waals surface area contributed by atoms with Crippen molar-refractivity contribution in [1.82, 2.24) is 0 Å². The van der Waals surface area contributed by atoms with Gasteiger partial charge in [0, 0.05) is 10.6 Å². The Morgan fingerprint density at radius 3 is 2.69 bits per heavy atom. The van der Waals surface area contributed by atoms with Crippen LogP contribution >= 0.6 is 11.6 Å². The fraction of sp³-hybridized carbons (Fsp3) is 0.400. The first kappa shape index (κ1) is 9.00. The van der Waals surface area contributed by atoms with E-state index in [-0.39, 0.29) is 12.2 Å². The van der Waals surface area contributed by atoms with Crippen LogP contribution in [0.2, 0.25) is 5.02 Å². The minimum atomic E-state index is -0.429. The number of epoxide rings is 1. The molecule has 1 N–H and O–H groups in total. The molecule has 2 rings (SSSR count). The highest BCUT2D eigenvalue weighted by atomic mass is 35.5. The topological polar surface area (TPSA) is 32.8 Å². The highest BCUT2D eigenvalue weighted by molar-refractivity contribution is 6.31. The molecule has 0 saturated carbocycles. The molecular formula is C10H11ClO2. The van der Waals surface area contributed by atoms with Crippen LogP contribution in [-0.4, -0.2) is 17.3 Å². The molecule has 0 radical (unpaired) electrons. The van der Waals surface area contributed by atoms with Gasteiger partial charge in [-0.15, -0.1) is 0 Å². The SMILES string of the molecule is C[C@H](O)[C@@H]1O[C@H]1c1ccccc1Cl. The van der Waals surface area contributed by atoms with Gasteiger partial charge >= 0.3 is 0 Å². The Labute approximate surface area is 82.1 Å². The summed E-state index contributed by atoms with van der Waals surface area (Å²) in [5.41, 5.74) is 0.968. The van der Waals surface area contributed by atoms with Crippen molar-refractivity contribution in [3.8, 4) is 0 Å². The van der Waals surface area contributed by atoms with Gasteiger partial charge < -0.3 is 9.84 Å². The number of ether oxygens (including phenoxy) is 1. The number of hydrogen-bond acceptors (Lipinski definition) is 2. The molecule has 1 aliphatic rings. The molecule has 3 heteroatoms. The molecular weight excluding hydrogens is 188 g/mol. The number of aliphatic hydroxyl groups is 1. The summed E-state index contributed by atoms with van der Waals surface area (Å²) in [6.45, 7) is 1.72. The normalized spacial score (nSPS) is 28.5. The molecule has 1 heterocycles. The number of rotatable bonds is 2. The molecule has 1 saturated heterocycles. The molecule has 1 aliphatic heterocycles. The Morgan fingerprint density at radius 1 is 1.46 bits per heavy atom. The first-order chi connectivity index (χ1) is 6.20. The number of benzene rings is 1. The summed E-state index contributed by atoms with van der Waals surface area (Å²) in [5, 5.41) is 9.95. The largest absolute Gasteiger partial charge is 0.391 e. The quantitative estimate of drug-likeness (QED) is 0.739. The summed E-state index contributed by atoms with van der Waals surface area (Å²) in [4.78, 5) is 0. The van der Waals surface area contributed by atoms with E-state index in [1.807, 2.05) is 24.3 Å². The molecule has 0 bridgehead atoms. The summed E-state index contributed by atoms with van der Waals surface area (Å²) in [6.07, 6.45) is -0.533. The third-order valence-corrected chi connectivity index (χ3v) is 2.56. The van der Waals surface area contributed by atoms with Gasteiger partial charge in [0.1, 0.15) is 12.2 Å². The maximum absolute atomic E-state index is 9.25. The van der Waals surface area contributed by atoms with Crippen LogP contribution in [0.3, 0.4) is 0 Å². The van der Waals surface area contributed by atoms with Crippen molar-refractivity contribution in [3.05, 3.63) is 34.9 Å². The van der Waals surface area contributed by atoms with Gasteiger partial charge in [-0.3, -0.25) is 0 Å². The smallest absolute Gasteiger partial charge is 0.114 e. The van der Waals surface area contributed by atoms with Gasteiger partial charge in [0.15, 0.2) is 0 Å². The summed E-state index contributed by atoms with van der Waals surface area (Å²) in [7, 11) is 0. The van der Waals surface area contributed by atoms with Crippen LogP contribution in [0.25, 0.3) is 0 Å². The predicted octanol–water partition coefficient (Wildman–Crippen LogP) is 2.16. The minimum Gasteiger partial charge on any atom is -0.391 e. The molecule has 13 heavy (non-hydrogen) atoms. The van der Waals surface area contributed by atoms with Crippen LogP contribution in [-0.2, 0) is 4.74 Å². The maximum atomic E-state index is 9.25. The maximum Gasteiger partial charge on any atom is 0.114 e. The molecule has 0 unspecified atom stereocenters. The molecule has 1 fully saturated rings. The second-order valence-corrected chi connectivity index (χ2v) is 3.69. The number of hydrogen-bond donors (Lipinski definition) is 1. The lowest BCUT2D eigenvalue weighted by Crippen LogP contribution is -2.09. The third-order valence-electron chi connectivity index (χ3n) is 2.21. The van der Waals surface area contributed by atoms with E-state index in [1.54, 1.807) is 6.92 Å². The van der Waals surface area contributed by atoms with Crippen molar-refractivity contribution in [3.63, 3.8) is 0 Å². The lowest BCUT2D eigenvalue weighted by molar-refractivity contribution is 0.152. The molecule has 0 spiro atoms. The summed E-state index contributed by atoms with van der Waals surface area (Å²) in [5.74, 6) is 0. The van der Waals surface area contributed by atoms with Gasteiger partial charge in [0.25, 0.3) is 0 Å². The average molecular weight is 199 g/mol. The van der Waals surface area contributed by atoms with E-state index in [0.29, 0.717) is 5.02 Å². The van der Waals surface area contributed by atoms with Crippen LogP contribution in [0, 0.1) is 0 Å². The molecule has 0 amide bonds. The van der Waals surface area contributed by atoms with Crippen LogP contribution < -0.4 is 0 Å². The van der Waals surface area contributed by atoms with Gasteiger partial charge in [-0.25, -0.2) is 0 Å². The van der Waals surface area contributed by atoms with E-state index in [2.05, 4.69) is 0 Å². The Hall–Kier alpha value is -0.570. The number of aliphatic hydroxyl groups excluding tert-OH is 1. The molecule has 2 nitrogen and oxygen atoms in total. The second kappa shape index (κ2) is 3.29. The first-order valence-corrected chi connectivity index (χ1v) is 4.66. The third kappa shape index (κ3) is 1.70. The van der Waals surface area contributed by atoms with Crippen molar-refractivity contribution in [1.29, 1.82) is 0 Å². The highest BCUT2D eigenvalue weighted by Gasteiger charge is 2.44. The second-order valence-electron chi connectivity index (χ2n) is 3.28. The molecule has 1 aromatic rings. The Kier molecular flexibility index (Phi) is 2.28. The van der Waals surface area contributed by atoms with Crippen LogP contribution in [0.5, 0.6) is 0 Å². The zero-order chi connectivity index (χ0) is 9.42. The monoisotopic (exact) mass is 198 g/mol. The van der Waals surface area contributed by atoms with E-state index in [1.165, 1.54) is 0 Å². The van der Waals surface area contributed by atoms with Crippen molar-refractivity contribution in [2.75, 3.05) is 0 Å². The Morgan fingerprint density at radius 2 is 2.15 bits per heavy atom. The van der Waals surface area contributed by atoms with Gasteiger partial charge in [0.05, 0.1) is 6.10 Å². The van der Waals surface area contributed by atoms with E-state index >= 15 is 0 Å². The lowest BCUT2D eigenvalue weighted by Gasteiger charge is -2.00. The van der Waals surface area contributed by atoms with Crippen LogP contribution in [0.15, 0.2) is 24.3 Å². The summed E-state index contributed by atoms with van der Waals surface area (Å²) >= 11 is 5.97. The zero-order valence-corrected chi connectivity index (χ0v) is 8.03. The van der Waals surface area contributed by atoms with Gasteiger partial charge in [-0.2, -0.15) is 0 Å². The van der Waals surface area contributed by atoms with Gasteiger partial charge in [-0.05, 0) is 13.0 Å². The predicted molar refractivity (Wildman–Crippen MR) is 50.7 cm³/mol. The zero-order valence-electron chi connectivity index (χ0n) is 7.27. The number of halogens is 1. The van der Waals surface area contributed by atoms with Crippen molar-refractivity contribution < 1.29 is 9.84 Å². The Bertz CT molecular complexity index is 312. The highest BCUT2D eigenvalue weighted by Crippen LogP contribution is 2.43. The molecule has 0 aromatic heterocycles. The standard InChI is InChI=1S/C10H11ClO2/c1-6(12)9-10(13-9)7-4-2-3-5-8(7)11/h2-6,9-10,12H,1H3/t6-,9-,10-/m0/s1. The molecule has 0 aliphatic carbocycles. The summed E-state index contributed by atoms with van der Waals surface area (Å²) < 4.78 is 5.31. The molecule has 3 atom stereocenters. The van der Waals surface area contributed by atoms with E-state index in [9.17, 15) is 5.11 Å². The van der Waals surface area contributed by atoms with Gasteiger partial charge in [-0.1, -0.05) is 29.8 Å². The average Bonchev–Trinajstić information content (AvgIpc) is 2.84. The van der Waals surface area contributed by atoms with Crippen molar-refractivity contribution >= 4 is 11.6 Å². The molecule has 1 aromatic carbocycles. The minimum absolute atomic E-state index is 0.0197. The fourth-order valence-corrected chi connectivity index (χ4v) is 1.69. The fourth-order valence-electron chi connectivity index (χ4n) is 1.45. The summed E-state index contributed by atoms with van der Waals surface area (Å²) in [6, 6.07) is 7.56. The first-order valence-electron chi connectivity index (χ1n) is 4.28. The Balaban J connectivity index is 2.16. The van der Waals surface area contributed by atoms with E-state index in [4.69, 9.17) is 16.3 Å². The van der Waals surface area contributed by atoms with E-state index < -0.39 is 6.10 Å². The van der Waals surface area contributed by atoms with Crippen LogP contribution in [0.4, 0.5) is 0 Å². The van der Waals surface area contributed by atoms with E-state index in [0.717, 1.165) is 5.56 Å². The van der Waals surface area contributed by atoms with Crippen LogP contribution in [0.1, 0.15) is 18.6 Å². The lowest BCUT2D eigenvalue weighted by atomic mass is 10.1. The molecule has 70 valence electrons. The van der Waals surface area contributed by atoms with Crippen molar-refractivity contribution in [2.45, 2.75) is 25.2 Å². The van der Waals surface area contributed by atoms with Gasteiger partial charge in [0.2, 0.25) is 0 Å².